The monoisotopic (exact) mass is 367 g/mol. The van der Waals surface area contributed by atoms with E-state index in [1.54, 1.807) is 17.8 Å². The normalized spacial score (nSPS) is 18.3. The molecule has 1 aromatic heterocycles. The van der Waals surface area contributed by atoms with Gasteiger partial charge in [-0.3, -0.25) is 4.79 Å². The fraction of sp³-hybridized carbons (Fsp3) is 0.562. The molecule has 0 radical (unpaired) electrons. The third-order valence-corrected chi connectivity index (χ3v) is 6.46. The zero-order valence-electron chi connectivity index (χ0n) is 13.8. The molecule has 0 saturated carbocycles. The standard InChI is InChI=1S/C16H21N3OS3/c1-16(2,3)23-8-7-19-13(20)10-22-15(19)12-6-5-11(9-17)14(18-12)21-4/h5-6,15H,7-8,10H2,1-4H3. The Bertz CT molecular complexity index is 622. The molecular formula is C16H21N3OS3. The van der Waals surface area contributed by atoms with Crippen LogP contribution in [-0.4, -0.2) is 44.8 Å². The lowest BCUT2D eigenvalue weighted by Gasteiger charge is -2.25. The zero-order valence-corrected chi connectivity index (χ0v) is 16.3. The van der Waals surface area contributed by atoms with Crippen molar-refractivity contribution in [2.45, 2.75) is 35.9 Å². The second-order valence-corrected chi connectivity index (χ2v) is 9.90. The molecule has 0 bridgehead atoms. The molecule has 0 N–H and O–H groups in total. The Hall–Kier alpha value is -0.840. The molecule has 124 valence electrons. The van der Waals surface area contributed by atoms with E-state index in [2.05, 4.69) is 31.8 Å². The molecule has 0 aromatic carbocycles. The molecule has 1 saturated heterocycles. The van der Waals surface area contributed by atoms with E-state index in [1.807, 2.05) is 29.0 Å². The summed E-state index contributed by atoms with van der Waals surface area (Å²) in [7, 11) is 0. The Balaban J connectivity index is 2.14. The minimum atomic E-state index is -0.0401. The lowest BCUT2D eigenvalue weighted by Crippen LogP contribution is -2.31. The van der Waals surface area contributed by atoms with Crippen molar-refractivity contribution in [3.05, 3.63) is 23.4 Å². The molecule has 0 spiro atoms. The number of hydrogen-bond acceptors (Lipinski definition) is 6. The van der Waals surface area contributed by atoms with Crippen LogP contribution in [-0.2, 0) is 4.79 Å². The molecule has 1 aromatic rings. The number of rotatable bonds is 5. The molecule has 1 fully saturated rings. The molecule has 4 nitrogen and oxygen atoms in total. The van der Waals surface area contributed by atoms with Gasteiger partial charge in [-0.1, -0.05) is 20.8 Å². The van der Waals surface area contributed by atoms with Crippen molar-refractivity contribution >= 4 is 41.2 Å². The molecule has 23 heavy (non-hydrogen) atoms. The second kappa shape index (κ2) is 7.82. The van der Waals surface area contributed by atoms with Crippen LogP contribution >= 0.6 is 35.3 Å². The second-order valence-electron chi connectivity index (χ2n) is 6.12. The Morgan fingerprint density at radius 1 is 1.48 bits per heavy atom. The van der Waals surface area contributed by atoms with Crippen molar-refractivity contribution < 1.29 is 4.79 Å². The maximum atomic E-state index is 12.2. The number of hydrogen-bond donors (Lipinski definition) is 0. The Kier molecular flexibility index (Phi) is 6.29. The van der Waals surface area contributed by atoms with Gasteiger partial charge >= 0.3 is 0 Å². The average Bonchev–Trinajstić information content (AvgIpc) is 2.86. The number of amides is 1. The predicted octanol–water partition coefficient (Wildman–Crippen LogP) is 3.78. The minimum Gasteiger partial charge on any atom is -0.323 e. The molecule has 7 heteroatoms. The molecule has 2 rings (SSSR count). The van der Waals surface area contributed by atoms with Crippen LogP contribution < -0.4 is 0 Å². The van der Waals surface area contributed by atoms with Gasteiger partial charge in [0.2, 0.25) is 5.91 Å². The van der Waals surface area contributed by atoms with E-state index in [9.17, 15) is 4.79 Å². The molecule has 1 unspecified atom stereocenters. The Morgan fingerprint density at radius 3 is 2.83 bits per heavy atom. The van der Waals surface area contributed by atoms with Gasteiger partial charge in [0.15, 0.2) is 0 Å². The van der Waals surface area contributed by atoms with E-state index < -0.39 is 0 Å². The van der Waals surface area contributed by atoms with Crippen molar-refractivity contribution in [2.24, 2.45) is 0 Å². The van der Waals surface area contributed by atoms with Crippen LogP contribution in [0.5, 0.6) is 0 Å². The Morgan fingerprint density at radius 2 is 2.22 bits per heavy atom. The SMILES string of the molecule is CSc1nc(C2SCC(=O)N2CCSC(C)(C)C)ccc1C#N. The topological polar surface area (TPSA) is 57.0 Å². The lowest BCUT2D eigenvalue weighted by atomic mass is 10.2. The Labute approximate surface area is 150 Å². The molecule has 1 aliphatic heterocycles. The van der Waals surface area contributed by atoms with Crippen LogP contribution in [0.2, 0.25) is 0 Å². The van der Waals surface area contributed by atoms with Gasteiger partial charge in [-0.05, 0) is 18.4 Å². The van der Waals surface area contributed by atoms with E-state index in [0.29, 0.717) is 11.3 Å². The highest BCUT2D eigenvalue weighted by atomic mass is 32.2. The van der Waals surface area contributed by atoms with Crippen molar-refractivity contribution in [3.8, 4) is 6.07 Å². The molecule has 1 amide bonds. The fourth-order valence-corrected chi connectivity index (χ4v) is 4.83. The molecule has 2 heterocycles. The largest absolute Gasteiger partial charge is 0.323 e. The van der Waals surface area contributed by atoms with E-state index in [1.165, 1.54) is 11.8 Å². The highest BCUT2D eigenvalue weighted by Crippen LogP contribution is 2.39. The van der Waals surface area contributed by atoms with E-state index in [4.69, 9.17) is 5.26 Å². The number of thioether (sulfide) groups is 3. The minimum absolute atomic E-state index is 0.0401. The first-order valence-corrected chi connectivity index (χ1v) is 10.6. The van der Waals surface area contributed by atoms with Crippen molar-refractivity contribution in [2.75, 3.05) is 24.3 Å². The fourth-order valence-electron chi connectivity index (χ4n) is 2.22. The van der Waals surface area contributed by atoms with Crippen molar-refractivity contribution in [1.82, 2.24) is 9.88 Å². The number of aromatic nitrogens is 1. The first-order valence-electron chi connectivity index (χ1n) is 7.36. The van der Waals surface area contributed by atoms with E-state index in [-0.39, 0.29) is 16.0 Å². The number of carbonyl (C=O) groups excluding carboxylic acids is 1. The number of carbonyl (C=O) groups is 1. The van der Waals surface area contributed by atoms with Crippen LogP contribution in [0, 0.1) is 11.3 Å². The predicted molar refractivity (Wildman–Crippen MR) is 99.9 cm³/mol. The first kappa shape index (κ1) is 18.5. The maximum absolute atomic E-state index is 12.2. The van der Waals surface area contributed by atoms with Crippen LogP contribution in [0.4, 0.5) is 0 Å². The summed E-state index contributed by atoms with van der Waals surface area (Å²) in [5.41, 5.74) is 1.45. The summed E-state index contributed by atoms with van der Waals surface area (Å²) < 4.78 is 0.199. The summed E-state index contributed by atoms with van der Waals surface area (Å²) in [4.78, 5) is 18.7. The molecule has 1 aliphatic rings. The van der Waals surface area contributed by atoms with Gasteiger partial charge in [0, 0.05) is 17.0 Å². The summed E-state index contributed by atoms with van der Waals surface area (Å²) >= 11 is 4.94. The summed E-state index contributed by atoms with van der Waals surface area (Å²) in [5.74, 6) is 1.59. The smallest absolute Gasteiger partial charge is 0.233 e. The number of pyridine rings is 1. The van der Waals surface area contributed by atoms with E-state index >= 15 is 0 Å². The average molecular weight is 368 g/mol. The third-order valence-electron chi connectivity index (χ3n) is 3.28. The van der Waals surface area contributed by atoms with Crippen molar-refractivity contribution in [1.29, 1.82) is 5.26 Å². The number of nitriles is 1. The van der Waals surface area contributed by atoms with Gasteiger partial charge in [-0.15, -0.1) is 23.5 Å². The summed E-state index contributed by atoms with van der Waals surface area (Å²) in [6.45, 7) is 7.28. The van der Waals surface area contributed by atoms with Crippen LogP contribution in [0.3, 0.4) is 0 Å². The van der Waals surface area contributed by atoms with Gasteiger partial charge in [-0.2, -0.15) is 17.0 Å². The van der Waals surface area contributed by atoms with Gasteiger partial charge in [0.05, 0.1) is 17.0 Å². The quantitative estimate of drug-likeness (QED) is 0.738. The molecular weight excluding hydrogens is 346 g/mol. The van der Waals surface area contributed by atoms with Gasteiger partial charge < -0.3 is 4.90 Å². The van der Waals surface area contributed by atoms with Gasteiger partial charge in [0.25, 0.3) is 0 Å². The lowest BCUT2D eigenvalue weighted by molar-refractivity contribution is -0.127. The summed E-state index contributed by atoms with van der Waals surface area (Å²) in [6, 6.07) is 5.84. The molecule has 0 aliphatic carbocycles. The maximum Gasteiger partial charge on any atom is 0.233 e. The van der Waals surface area contributed by atoms with Gasteiger partial charge in [-0.25, -0.2) is 4.98 Å². The summed E-state index contributed by atoms with van der Waals surface area (Å²) in [6.07, 6.45) is 1.91. The molecule has 1 atom stereocenters. The first-order chi connectivity index (χ1) is 10.9. The van der Waals surface area contributed by atoms with E-state index in [0.717, 1.165) is 23.0 Å². The van der Waals surface area contributed by atoms with Gasteiger partial charge in [0.1, 0.15) is 16.5 Å². The van der Waals surface area contributed by atoms with Crippen LogP contribution in [0.25, 0.3) is 0 Å². The highest BCUT2D eigenvalue weighted by Gasteiger charge is 2.34. The van der Waals surface area contributed by atoms with Crippen molar-refractivity contribution in [3.63, 3.8) is 0 Å². The van der Waals surface area contributed by atoms with Crippen LogP contribution in [0.15, 0.2) is 17.2 Å². The summed E-state index contributed by atoms with van der Waals surface area (Å²) in [5, 5.41) is 9.81. The van der Waals surface area contributed by atoms with Crippen LogP contribution in [0.1, 0.15) is 37.4 Å². The highest BCUT2D eigenvalue weighted by molar-refractivity contribution is 8.01. The third kappa shape index (κ3) is 4.82. The number of nitrogens with zero attached hydrogens (tertiary/aromatic N) is 3. The zero-order chi connectivity index (χ0) is 17.0.